The van der Waals surface area contributed by atoms with Crippen LogP contribution < -0.4 is 10.1 Å². The molecule has 0 aliphatic carbocycles. The molecule has 2 N–H and O–H groups in total. The molecule has 33 heavy (non-hydrogen) atoms. The number of rotatable bonds is 7. The lowest BCUT2D eigenvalue weighted by molar-refractivity contribution is 0.102. The van der Waals surface area contributed by atoms with E-state index in [1.807, 2.05) is 37.5 Å². The molecule has 168 valence electrons. The minimum absolute atomic E-state index is 0.301. The van der Waals surface area contributed by atoms with Crippen LogP contribution in [-0.4, -0.2) is 50.7 Å². The van der Waals surface area contributed by atoms with Gasteiger partial charge >= 0.3 is 0 Å². The molecule has 1 aliphatic rings. The predicted octanol–water partition coefficient (Wildman–Crippen LogP) is 4.27. The smallest absolute Gasteiger partial charge is 0.276 e. The highest BCUT2D eigenvalue weighted by Crippen LogP contribution is 2.27. The maximum atomic E-state index is 12.9. The van der Waals surface area contributed by atoms with Crippen molar-refractivity contribution in [1.29, 1.82) is 0 Å². The van der Waals surface area contributed by atoms with Gasteiger partial charge in [0, 0.05) is 36.0 Å². The molecule has 5 rings (SSSR count). The van der Waals surface area contributed by atoms with Crippen LogP contribution in [0.4, 0.5) is 5.69 Å². The largest absolute Gasteiger partial charge is 0.478 e. The third-order valence-electron chi connectivity index (χ3n) is 5.80. The van der Waals surface area contributed by atoms with Gasteiger partial charge in [-0.25, -0.2) is 4.98 Å². The van der Waals surface area contributed by atoms with Crippen molar-refractivity contribution in [1.82, 2.24) is 25.1 Å². The highest BCUT2D eigenvalue weighted by molar-refractivity contribution is 6.11. The van der Waals surface area contributed by atoms with E-state index in [0.29, 0.717) is 23.9 Å². The number of benzene rings is 1. The molecule has 1 saturated heterocycles. The number of likely N-dealkylation sites (tertiary alicyclic amines) is 1. The molecule has 0 atom stereocenters. The lowest BCUT2D eigenvalue weighted by Gasteiger charge is -2.14. The number of fused-ring (bicyclic) bond motifs is 1. The Balaban J connectivity index is 1.38. The molecule has 0 radical (unpaired) electrons. The van der Waals surface area contributed by atoms with Crippen molar-refractivity contribution in [3.05, 3.63) is 66.2 Å². The van der Waals surface area contributed by atoms with Crippen LogP contribution in [0.1, 0.15) is 35.8 Å². The van der Waals surface area contributed by atoms with Gasteiger partial charge in [0.2, 0.25) is 5.88 Å². The van der Waals surface area contributed by atoms with Crippen LogP contribution in [0.15, 0.2) is 55.0 Å². The molecule has 0 spiro atoms. The SMILES string of the molecule is CCOc1ccc(NC(=O)c2n[nH]c3ccc(-c4cncc(CN5CCCC5)c4)cc23)cn1. The van der Waals surface area contributed by atoms with Crippen molar-refractivity contribution in [3.8, 4) is 17.0 Å². The van der Waals surface area contributed by atoms with Crippen LogP contribution in [0.25, 0.3) is 22.0 Å². The molecule has 8 heteroatoms. The zero-order valence-electron chi connectivity index (χ0n) is 18.5. The van der Waals surface area contributed by atoms with E-state index in [1.54, 1.807) is 18.3 Å². The summed E-state index contributed by atoms with van der Waals surface area (Å²) in [6.45, 7) is 5.64. The second kappa shape index (κ2) is 9.38. The number of hydrogen-bond acceptors (Lipinski definition) is 6. The van der Waals surface area contributed by atoms with E-state index >= 15 is 0 Å². The quantitative estimate of drug-likeness (QED) is 0.444. The molecular weight excluding hydrogens is 416 g/mol. The van der Waals surface area contributed by atoms with Crippen molar-refractivity contribution in [2.45, 2.75) is 26.3 Å². The predicted molar refractivity (Wildman–Crippen MR) is 127 cm³/mol. The fourth-order valence-corrected chi connectivity index (χ4v) is 4.18. The van der Waals surface area contributed by atoms with Gasteiger partial charge in [-0.2, -0.15) is 5.10 Å². The first-order valence-electron chi connectivity index (χ1n) is 11.2. The summed E-state index contributed by atoms with van der Waals surface area (Å²) in [5.41, 5.74) is 4.93. The maximum Gasteiger partial charge on any atom is 0.276 e. The maximum absolute atomic E-state index is 12.9. The number of anilines is 1. The van der Waals surface area contributed by atoms with Crippen LogP contribution in [0.2, 0.25) is 0 Å². The molecule has 8 nitrogen and oxygen atoms in total. The number of nitrogens with zero attached hydrogens (tertiary/aromatic N) is 4. The number of amides is 1. The van der Waals surface area contributed by atoms with E-state index in [4.69, 9.17) is 4.74 Å². The first kappa shape index (κ1) is 21.1. The first-order chi connectivity index (χ1) is 16.2. The molecule has 4 aromatic rings. The number of nitrogens with one attached hydrogen (secondary N) is 2. The zero-order valence-corrected chi connectivity index (χ0v) is 18.5. The molecule has 3 aromatic heterocycles. The van der Waals surface area contributed by atoms with Gasteiger partial charge in [0.15, 0.2) is 5.69 Å². The summed E-state index contributed by atoms with van der Waals surface area (Å²) in [6, 6.07) is 11.6. The second-order valence-electron chi connectivity index (χ2n) is 8.17. The molecule has 0 bridgehead atoms. The highest BCUT2D eigenvalue weighted by Gasteiger charge is 2.16. The monoisotopic (exact) mass is 442 g/mol. The fraction of sp³-hybridized carbons (Fsp3) is 0.280. The number of aromatic amines is 1. The summed E-state index contributed by atoms with van der Waals surface area (Å²) in [4.78, 5) is 24.0. The van der Waals surface area contributed by atoms with E-state index < -0.39 is 0 Å². The van der Waals surface area contributed by atoms with Crippen molar-refractivity contribution in [2.24, 2.45) is 0 Å². The number of aromatic nitrogens is 4. The molecule has 1 aliphatic heterocycles. The standard InChI is InChI=1S/C25H26N6O2/c1-2-33-23-8-6-20(15-27-23)28-25(32)24-21-12-18(5-7-22(21)29-30-24)19-11-17(13-26-14-19)16-31-9-3-4-10-31/h5-8,11-15H,2-4,9-10,16H2,1H3,(H,28,32)(H,29,30). The van der Waals surface area contributed by atoms with Gasteiger partial charge < -0.3 is 10.1 Å². The van der Waals surface area contributed by atoms with Crippen LogP contribution in [0, 0.1) is 0 Å². The summed E-state index contributed by atoms with van der Waals surface area (Å²) in [7, 11) is 0. The van der Waals surface area contributed by atoms with Gasteiger partial charge in [-0.05, 0) is 68.2 Å². The summed E-state index contributed by atoms with van der Waals surface area (Å²) in [5.74, 6) is 0.219. The van der Waals surface area contributed by atoms with E-state index in [9.17, 15) is 4.79 Å². The number of ether oxygens (including phenoxy) is 1. The molecule has 4 heterocycles. The van der Waals surface area contributed by atoms with Gasteiger partial charge in [0.25, 0.3) is 5.91 Å². The number of hydrogen-bond donors (Lipinski definition) is 2. The van der Waals surface area contributed by atoms with Crippen LogP contribution in [0.3, 0.4) is 0 Å². The normalized spacial score (nSPS) is 14.0. The Morgan fingerprint density at radius 1 is 1.09 bits per heavy atom. The third kappa shape index (κ3) is 4.70. The Hall–Kier alpha value is -3.78. The average Bonchev–Trinajstić information content (AvgIpc) is 3.50. The minimum Gasteiger partial charge on any atom is -0.478 e. The van der Waals surface area contributed by atoms with Crippen LogP contribution >= 0.6 is 0 Å². The first-order valence-corrected chi connectivity index (χ1v) is 11.2. The fourth-order valence-electron chi connectivity index (χ4n) is 4.18. The Morgan fingerprint density at radius 2 is 1.97 bits per heavy atom. The molecule has 1 fully saturated rings. The Labute approximate surface area is 192 Å². The second-order valence-corrected chi connectivity index (χ2v) is 8.17. The van der Waals surface area contributed by atoms with Gasteiger partial charge in [-0.15, -0.1) is 0 Å². The van der Waals surface area contributed by atoms with Crippen LogP contribution in [-0.2, 0) is 6.54 Å². The van der Waals surface area contributed by atoms with E-state index in [0.717, 1.165) is 41.7 Å². The summed E-state index contributed by atoms with van der Waals surface area (Å²) in [6.07, 6.45) is 7.90. The summed E-state index contributed by atoms with van der Waals surface area (Å²) in [5, 5.41) is 10.8. The molecule has 1 amide bonds. The van der Waals surface area contributed by atoms with Gasteiger partial charge in [0.1, 0.15) is 0 Å². The topological polar surface area (TPSA) is 96.0 Å². The number of H-pyrrole nitrogens is 1. The average molecular weight is 443 g/mol. The molecule has 1 aromatic carbocycles. The molecule has 0 saturated carbocycles. The Kier molecular flexibility index (Phi) is 5.99. The number of carbonyl (C=O) groups is 1. The lowest BCUT2D eigenvalue weighted by atomic mass is 10.0. The van der Waals surface area contributed by atoms with Gasteiger partial charge in [-0.1, -0.05) is 6.07 Å². The van der Waals surface area contributed by atoms with Gasteiger partial charge in [0.05, 0.1) is 24.0 Å². The third-order valence-corrected chi connectivity index (χ3v) is 5.80. The Morgan fingerprint density at radius 3 is 2.76 bits per heavy atom. The zero-order chi connectivity index (χ0) is 22.6. The van der Waals surface area contributed by atoms with Crippen molar-refractivity contribution in [2.75, 3.05) is 25.0 Å². The number of pyridine rings is 2. The van der Waals surface area contributed by atoms with Crippen molar-refractivity contribution < 1.29 is 9.53 Å². The minimum atomic E-state index is -0.301. The van der Waals surface area contributed by atoms with Gasteiger partial charge in [-0.3, -0.25) is 19.8 Å². The van der Waals surface area contributed by atoms with Crippen molar-refractivity contribution in [3.63, 3.8) is 0 Å². The molecule has 0 unspecified atom stereocenters. The summed E-state index contributed by atoms with van der Waals surface area (Å²) < 4.78 is 5.35. The summed E-state index contributed by atoms with van der Waals surface area (Å²) >= 11 is 0. The number of carbonyl (C=O) groups excluding carboxylic acids is 1. The highest BCUT2D eigenvalue weighted by atomic mass is 16.5. The Bertz CT molecular complexity index is 1260. The van der Waals surface area contributed by atoms with E-state index in [-0.39, 0.29) is 5.91 Å². The van der Waals surface area contributed by atoms with E-state index in [2.05, 4.69) is 36.4 Å². The lowest BCUT2D eigenvalue weighted by Crippen LogP contribution is -2.18. The molecular formula is C25H26N6O2. The van der Waals surface area contributed by atoms with Crippen molar-refractivity contribution >= 4 is 22.5 Å². The van der Waals surface area contributed by atoms with Crippen LogP contribution in [0.5, 0.6) is 5.88 Å². The van der Waals surface area contributed by atoms with E-state index in [1.165, 1.54) is 18.4 Å².